The average molecular weight is 368 g/mol. The van der Waals surface area contributed by atoms with Crippen LogP contribution in [0.15, 0.2) is 30.3 Å². The molecule has 1 fully saturated rings. The fourth-order valence-electron chi connectivity index (χ4n) is 2.55. The molecule has 138 valence electrons. The zero-order valence-electron chi connectivity index (χ0n) is 14.3. The molecule has 0 saturated carbocycles. The van der Waals surface area contributed by atoms with Crippen LogP contribution in [0.4, 0.5) is 0 Å². The Morgan fingerprint density at radius 3 is 2.28 bits per heavy atom. The predicted molar refractivity (Wildman–Crippen MR) is 94.6 cm³/mol. The summed E-state index contributed by atoms with van der Waals surface area (Å²) in [5.74, 6) is -0.535. The van der Waals surface area contributed by atoms with E-state index in [0.717, 1.165) is 0 Å². The van der Waals surface area contributed by atoms with Crippen molar-refractivity contribution in [1.29, 1.82) is 0 Å². The molecule has 1 aliphatic rings. The summed E-state index contributed by atoms with van der Waals surface area (Å²) in [5.41, 5.74) is 0.513. The van der Waals surface area contributed by atoms with Crippen LogP contribution in [0, 0.1) is 0 Å². The lowest BCUT2D eigenvalue weighted by atomic mass is 10.2. The highest BCUT2D eigenvalue weighted by atomic mass is 32.2. The van der Waals surface area contributed by atoms with E-state index in [4.69, 9.17) is 0 Å². The highest BCUT2D eigenvalue weighted by Gasteiger charge is 2.22. The van der Waals surface area contributed by atoms with Crippen molar-refractivity contribution in [3.63, 3.8) is 0 Å². The SMILES string of the molecule is CS(=O)(=O)N1CCN(CCNC(=O)CNC(=O)c2ccccc2)CC1. The molecule has 9 heteroatoms. The van der Waals surface area contributed by atoms with Crippen molar-refractivity contribution in [2.75, 3.05) is 52.1 Å². The number of hydrogen-bond acceptors (Lipinski definition) is 5. The van der Waals surface area contributed by atoms with Gasteiger partial charge in [0.1, 0.15) is 0 Å². The molecule has 0 unspecified atom stereocenters. The number of sulfonamides is 1. The summed E-state index contributed by atoms with van der Waals surface area (Å²) in [6.45, 7) is 3.27. The first-order valence-corrected chi connectivity index (χ1v) is 9.98. The number of rotatable bonds is 7. The van der Waals surface area contributed by atoms with Crippen LogP contribution >= 0.6 is 0 Å². The van der Waals surface area contributed by atoms with Crippen LogP contribution in [-0.2, 0) is 14.8 Å². The third-order valence-electron chi connectivity index (χ3n) is 4.00. The molecule has 0 radical (unpaired) electrons. The molecule has 0 bridgehead atoms. The lowest BCUT2D eigenvalue weighted by Gasteiger charge is -2.33. The second kappa shape index (κ2) is 8.93. The fourth-order valence-corrected chi connectivity index (χ4v) is 3.38. The summed E-state index contributed by atoms with van der Waals surface area (Å²) in [7, 11) is -3.12. The Kier molecular flexibility index (Phi) is 6.91. The minimum Gasteiger partial charge on any atom is -0.353 e. The second-order valence-electron chi connectivity index (χ2n) is 5.90. The summed E-state index contributed by atoms with van der Waals surface area (Å²) < 4.78 is 24.3. The number of piperazine rings is 1. The van der Waals surface area contributed by atoms with E-state index in [1.807, 2.05) is 6.07 Å². The molecule has 0 aliphatic carbocycles. The Morgan fingerprint density at radius 1 is 1.04 bits per heavy atom. The first-order valence-electron chi connectivity index (χ1n) is 8.13. The minimum absolute atomic E-state index is 0.0738. The van der Waals surface area contributed by atoms with Gasteiger partial charge in [0.2, 0.25) is 15.9 Å². The van der Waals surface area contributed by atoms with Crippen molar-refractivity contribution < 1.29 is 18.0 Å². The maximum Gasteiger partial charge on any atom is 0.251 e. The van der Waals surface area contributed by atoms with Crippen LogP contribution in [0.3, 0.4) is 0 Å². The van der Waals surface area contributed by atoms with E-state index in [2.05, 4.69) is 15.5 Å². The molecule has 2 N–H and O–H groups in total. The number of carbonyl (C=O) groups excluding carboxylic acids is 2. The highest BCUT2D eigenvalue weighted by molar-refractivity contribution is 7.88. The zero-order chi connectivity index (χ0) is 18.3. The Labute approximate surface area is 148 Å². The number of nitrogens with zero attached hydrogens (tertiary/aromatic N) is 2. The Morgan fingerprint density at radius 2 is 1.68 bits per heavy atom. The second-order valence-corrected chi connectivity index (χ2v) is 7.88. The molecule has 25 heavy (non-hydrogen) atoms. The number of benzene rings is 1. The summed E-state index contributed by atoms with van der Waals surface area (Å²) >= 11 is 0. The molecule has 1 saturated heterocycles. The van der Waals surface area contributed by atoms with Crippen molar-refractivity contribution >= 4 is 21.8 Å². The molecular weight excluding hydrogens is 344 g/mol. The van der Waals surface area contributed by atoms with E-state index in [1.54, 1.807) is 24.3 Å². The van der Waals surface area contributed by atoms with Crippen LogP contribution in [0.2, 0.25) is 0 Å². The van der Waals surface area contributed by atoms with E-state index >= 15 is 0 Å². The summed E-state index contributed by atoms with van der Waals surface area (Å²) in [6.07, 6.45) is 1.21. The van der Waals surface area contributed by atoms with Gasteiger partial charge in [-0.15, -0.1) is 0 Å². The van der Waals surface area contributed by atoms with Crippen molar-refractivity contribution in [2.24, 2.45) is 0 Å². The molecule has 1 aromatic rings. The van der Waals surface area contributed by atoms with E-state index < -0.39 is 10.0 Å². The fraction of sp³-hybridized carbons (Fsp3) is 0.500. The topological polar surface area (TPSA) is 98.8 Å². The van der Waals surface area contributed by atoms with Gasteiger partial charge >= 0.3 is 0 Å². The van der Waals surface area contributed by atoms with Crippen molar-refractivity contribution in [3.8, 4) is 0 Å². The monoisotopic (exact) mass is 368 g/mol. The highest BCUT2D eigenvalue weighted by Crippen LogP contribution is 2.05. The largest absolute Gasteiger partial charge is 0.353 e. The van der Waals surface area contributed by atoms with Gasteiger partial charge < -0.3 is 10.6 Å². The maximum atomic E-state index is 11.8. The van der Waals surface area contributed by atoms with Gasteiger partial charge in [-0.25, -0.2) is 8.42 Å². The van der Waals surface area contributed by atoms with Gasteiger partial charge in [0.15, 0.2) is 0 Å². The van der Waals surface area contributed by atoms with Crippen molar-refractivity contribution in [2.45, 2.75) is 0 Å². The average Bonchev–Trinajstić information content (AvgIpc) is 2.60. The molecule has 0 atom stereocenters. The van der Waals surface area contributed by atoms with Crippen LogP contribution in [0.1, 0.15) is 10.4 Å². The van der Waals surface area contributed by atoms with Crippen molar-refractivity contribution in [3.05, 3.63) is 35.9 Å². The van der Waals surface area contributed by atoms with E-state index in [1.165, 1.54) is 10.6 Å². The van der Waals surface area contributed by atoms with Crippen LogP contribution in [-0.4, -0.2) is 81.5 Å². The number of carbonyl (C=O) groups is 2. The number of hydrogen-bond donors (Lipinski definition) is 2. The Hall–Kier alpha value is -1.97. The standard InChI is InChI=1S/C16H24N4O4S/c1-25(23,24)20-11-9-19(10-12-20)8-7-17-15(21)13-18-16(22)14-5-3-2-4-6-14/h2-6H,7-13H2,1H3,(H,17,21)(H,18,22). The number of nitrogens with one attached hydrogen (secondary N) is 2. The van der Waals surface area contributed by atoms with Crippen LogP contribution in [0.25, 0.3) is 0 Å². The first kappa shape index (κ1) is 19.4. The van der Waals surface area contributed by atoms with E-state index in [9.17, 15) is 18.0 Å². The first-order chi connectivity index (χ1) is 11.9. The van der Waals surface area contributed by atoms with Crippen LogP contribution < -0.4 is 10.6 Å². The lowest BCUT2D eigenvalue weighted by Crippen LogP contribution is -2.50. The maximum absolute atomic E-state index is 11.8. The Balaban J connectivity index is 1.61. The lowest BCUT2D eigenvalue weighted by molar-refractivity contribution is -0.120. The number of amides is 2. The zero-order valence-corrected chi connectivity index (χ0v) is 15.1. The van der Waals surface area contributed by atoms with Gasteiger partial charge in [-0.05, 0) is 12.1 Å². The van der Waals surface area contributed by atoms with Gasteiger partial charge in [0.25, 0.3) is 5.91 Å². The molecule has 2 amide bonds. The van der Waals surface area contributed by atoms with Gasteiger partial charge in [0, 0.05) is 44.8 Å². The summed E-state index contributed by atoms with van der Waals surface area (Å²) in [5, 5.41) is 5.32. The van der Waals surface area contributed by atoms with E-state index in [-0.39, 0.29) is 18.4 Å². The molecule has 1 aliphatic heterocycles. The third-order valence-corrected chi connectivity index (χ3v) is 5.30. The molecule has 2 rings (SSSR count). The summed E-state index contributed by atoms with van der Waals surface area (Å²) in [4.78, 5) is 25.7. The normalized spacial score (nSPS) is 16.4. The molecular formula is C16H24N4O4S. The molecule has 1 aromatic carbocycles. The van der Waals surface area contributed by atoms with Gasteiger partial charge in [-0.1, -0.05) is 18.2 Å². The minimum atomic E-state index is -3.12. The molecule has 0 aromatic heterocycles. The predicted octanol–water partition coefficient (Wildman–Crippen LogP) is -0.890. The van der Waals surface area contributed by atoms with Crippen LogP contribution in [0.5, 0.6) is 0 Å². The van der Waals surface area contributed by atoms with Crippen molar-refractivity contribution in [1.82, 2.24) is 19.8 Å². The summed E-state index contributed by atoms with van der Waals surface area (Å²) in [6, 6.07) is 8.71. The molecule has 0 spiro atoms. The van der Waals surface area contributed by atoms with Gasteiger partial charge in [0.05, 0.1) is 12.8 Å². The molecule has 1 heterocycles. The quantitative estimate of drug-likeness (QED) is 0.651. The smallest absolute Gasteiger partial charge is 0.251 e. The third kappa shape index (κ3) is 6.45. The van der Waals surface area contributed by atoms with Gasteiger partial charge in [-0.2, -0.15) is 4.31 Å². The van der Waals surface area contributed by atoms with E-state index in [0.29, 0.717) is 44.8 Å². The van der Waals surface area contributed by atoms with Gasteiger partial charge in [-0.3, -0.25) is 14.5 Å². The molecule has 8 nitrogen and oxygen atoms in total. The Bertz CT molecular complexity index is 685.